The molecular weight excluding hydrogens is 619 g/mol. The van der Waals surface area contributed by atoms with E-state index in [1.165, 1.54) is 6.20 Å². The first kappa shape index (κ1) is 33.3. The van der Waals surface area contributed by atoms with E-state index in [0.717, 1.165) is 22.3 Å². The number of hydrogen-bond acceptors (Lipinski definition) is 7. The normalized spacial score (nSPS) is 21.1. The summed E-state index contributed by atoms with van der Waals surface area (Å²) in [7, 11) is 0. The van der Waals surface area contributed by atoms with E-state index in [9.17, 15) is 13.2 Å². The van der Waals surface area contributed by atoms with Gasteiger partial charge in [0.2, 0.25) is 0 Å². The summed E-state index contributed by atoms with van der Waals surface area (Å²) in [5.41, 5.74) is 2.58. The first-order chi connectivity index (χ1) is 23.4. The zero-order valence-corrected chi connectivity index (χ0v) is 26.1. The Labute approximate surface area is 277 Å². The molecule has 6 rings (SSSR count). The minimum absolute atomic E-state index is 0.0618. The second-order valence-electron chi connectivity index (χ2n) is 11.5. The van der Waals surface area contributed by atoms with Gasteiger partial charge in [0.05, 0.1) is 44.9 Å². The van der Waals surface area contributed by atoms with Gasteiger partial charge in [0.25, 0.3) is 0 Å². The lowest BCUT2D eigenvalue weighted by Crippen LogP contribution is -2.60. The Kier molecular flexibility index (Phi) is 11.1. The number of benzene rings is 4. The van der Waals surface area contributed by atoms with Crippen LogP contribution in [0.1, 0.15) is 34.1 Å². The Morgan fingerprint density at radius 3 is 1.73 bits per heavy atom. The fraction of sp³-hybridized carbons (Fsp3) is 0.263. The average molecular weight is 656 g/mol. The second-order valence-corrected chi connectivity index (χ2v) is 11.5. The minimum atomic E-state index is -4.67. The van der Waals surface area contributed by atoms with Gasteiger partial charge in [-0.3, -0.25) is 4.98 Å². The molecular formula is C38H36F3N3O4. The molecule has 1 fully saturated rings. The molecule has 0 bridgehead atoms. The van der Waals surface area contributed by atoms with Gasteiger partial charge in [0.15, 0.2) is 5.69 Å². The summed E-state index contributed by atoms with van der Waals surface area (Å²) in [6, 6.07) is 38.0. The van der Waals surface area contributed by atoms with Crippen molar-refractivity contribution in [2.75, 3.05) is 11.9 Å². The predicted octanol–water partition coefficient (Wildman–Crippen LogP) is 7.80. The number of rotatable bonds is 13. The number of ether oxygens (including phenoxy) is 4. The summed E-state index contributed by atoms with van der Waals surface area (Å²) in [6.45, 7) is 1.02. The highest BCUT2D eigenvalue weighted by Gasteiger charge is 2.48. The van der Waals surface area contributed by atoms with E-state index in [1.54, 1.807) is 0 Å². The van der Waals surface area contributed by atoms with Gasteiger partial charge in [-0.25, -0.2) is 4.98 Å². The number of halogens is 3. The van der Waals surface area contributed by atoms with Crippen LogP contribution in [-0.4, -0.2) is 40.9 Å². The molecule has 7 nitrogen and oxygen atoms in total. The number of nitrogens with zero attached hydrogens (tertiary/aromatic N) is 2. The molecule has 5 aromatic rings. The zero-order chi connectivity index (χ0) is 33.2. The maximum Gasteiger partial charge on any atom is 0.434 e. The number of alkyl halides is 3. The first-order valence-corrected chi connectivity index (χ1v) is 15.7. The Bertz CT molecular complexity index is 1680. The van der Waals surface area contributed by atoms with Crippen LogP contribution in [0.2, 0.25) is 0 Å². The molecule has 248 valence electrons. The third-order valence-corrected chi connectivity index (χ3v) is 8.02. The molecule has 1 aliphatic rings. The quantitative estimate of drug-likeness (QED) is 0.139. The standard InChI is InChI=1S/C38H36F3N3O4/c39-38(40,41)32-21-42-22-33(43-32)44-34-35(30-19-11-4-12-20-30)48-31(26-45-23-27-13-5-1-6-14-27)36(46-24-28-15-7-2-8-16-28)37(34)47-25-29-17-9-3-10-18-29/h1-22,31,34-37H,23-26H2,(H,43,44)/t31-,34+,35+,36+,37-/m1/s1. The van der Waals surface area contributed by atoms with Crippen molar-refractivity contribution in [3.63, 3.8) is 0 Å². The van der Waals surface area contributed by atoms with Crippen molar-refractivity contribution in [3.8, 4) is 0 Å². The van der Waals surface area contributed by atoms with Crippen LogP contribution < -0.4 is 5.32 Å². The van der Waals surface area contributed by atoms with Crippen LogP contribution in [0, 0.1) is 0 Å². The van der Waals surface area contributed by atoms with Crippen LogP contribution in [0.25, 0.3) is 0 Å². The van der Waals surface area contributed by atoms with Gasteiger partial charge in [-0.2, -0.15) is 13.2 Å². The molecule has 0 amide bonds. The van der Waals surface area contributed by atoms with E-state index in [-0.39, 0.29) is 25.6 Å². The van der Waals surface area contributed by atoms with Crippen LogP contribution in [0.5, 0.6) is 0 Å². The molecule has 10 heteroatoms. The number of hydrogen-bond donors (Lipinski definition) is 1. The van der Waals surface area contributed by atoms with Gasteiger partial charge in [-0.15, -0.1) is 0 Å². The van der Waals surface area contributed by atoms with E-state index >= 15 is 0 Å². The number of aromatic nitrogens is 2. The second kappa shape index (κ2) is 16.0. The van der Waals surface area contributed by atoms with E-state index in [2.05, 4.69) is 15.3 Å². The zero-order valence-electron chi connectivity index (χ0n) is 26.1. The van der Waals surface area contributed by atoms with Crippen molar-refractivity contribution in [2.45, 2.75) is 56.5 Å². The molecule has 5 atom stereocenters. The van der Waals surface area contributed by atoms with Crippen LogP contribution in [0.3, 0.4) is 0 Å². The Morgan fingerprint density at radius 2 is 1.17 bits per heavy atom. The molecule has 1 N–H and O–H groups in total. The average Bonchev–Trinajstić information content (AvgIpc) is 3.12. The molecule has 0 aliphatic carbocycles. The molecule has 1 aromatic heterocycles. The predicted molar refractivity (Wildman–Crippen MR) is 175 cm³/mol. The highest BCUT2D eigenvalue weighted by Crippen LogP contribution is 2.38. The maximum atomic E-state index is 13.7. The molecule has 0 saturated carbocycles. The Balaban J connectivity index is 1.37. The molecule has 1 aliphatic heterocycles. The van der Waals surface area contributed by atoms with Crippen molar-refractivity contribution in [1.29, 1.82) is 0 Å². The minimum Gasteiger partial charge on any atom is -0.374 e. The van der Waals surface area contributed by atoms with Gasteiger partial charge < -0.3 is 24.3 Å². The van der Waals surface area contributed by atoms with Crippen molar-refractivity contribution >= 4 is 5.82 Å². The molecule has 4 aromatic carbocycles. The summed E-state index contributed by atoms with van der Waals surface area (Å²) in [4.78, 5) is 7.70. The molecule has 2 heterocycles. The van der Waals surface area contributed by atoms with Crippen LogP contribution >= 0.6 is 0 Å². The van der Waals surface area contributed by atoms with Crippen molar-refractivity contribution in [3.05, 3.63) is 162 Å². The molecule has 1 saturated heterocycles. The lowest BCUT2D eigenvalue weighted by atomic mass is 9.88. The fourth-order valence-electron chi connectivity index (χ4n) is 5.70. The van der Waals surface area contributed by atoms with Crippen molar-refractivity contribution < 1.29 is 32.1 Å². The van der Waals surface area contributed by atoms with Gasteiger partial charge in [0.1, 0.15) is 30.2 Å². The summed E-state index contributed by atoms with van der Waals surface area (Å²) in [5.74, 6) is -0.0618. The van der Waals surface area contributed by atoms with Gasteiger partial charge in [-0.1, -0.05) is 121 Å². The Hall–Kier alpha value is -4.61. The lowest BCUT2D eigenvalue weighted by molar-refractivity contribution is -0.227. The largest absolute Gasteiger partial charge is 0.434 e. The monoisotopic (exact) mass is 655 g/mol. The van der Waals surface area contributed by atoms with E-state index in [4.69, 9.17) is 18.9 Å². The molecule has 0 unspecified atom stereocenters. The molecule has 48 heavy (non-hydrogen) atoms. The highest BCUT2D eigenvalue weighted by molar-refractivity contribution is 5.37. The summed E-state index contributed by atoms with van der Waals surface area (Å²) in [5, 5.41) is 3.21. The van der Waals surface area contributed by atoms with Gasteiger partial charge >= 0.3 is 6.18 Å². The lowest BCUT2D eigenvalue weighted by Gasteiger charge is -2.47. The molecule has 0 spiro atoms. The van der Waals surface area contributed by atoms with Crippen LogP contribution in [0.4, 0.5) is 19.0 Å². The van der Waals surface area contributed by atoms with E-state index in [0.29, 0.717) is 12.8 Å². The first-order valence-electron chi connectivity index (χ1n) is 15.7. The van der Waals surface area contributed by atoms with Crippen LogP contribution in [-0.2, 0) is 44.9 Å². The highest BCUT2D eigenvalue weighted by atomic mass is 19.4. The van der Waals surface area contributed by atoms with E-state index in [1.807, 2.05) is 121 Å². The SMILES string of the molecule is FC(F)(F)c1cncc(N[C@@H]2[C@@H](OCc3ccccc3)[C@@H](OCc3ccccc3)[C@@H](COCc3ccccc3)O[C@H]2c2ccccc2)n1. The van der Waals surface area contributed by atoms with Crippen molar-refractivity contribution in [1.82, 2.24) is 9.97 Å². The third-order valence-electron chi connectivity index (χ3n) is 8.02. The van der Waals surface area contributed by atoms with Gasteiger partial charge in [-0.05, 0) is 22.3 Å². The molecule has 0 radical (unpaired) electrons. The third kappa shape index (κ3) is 8.84. The van der Waals surface area contributed by atoms with E-state index < -0.39 is 42.3 Å². The maximum absolute atomic E-state index is 13.7. The Morgan fingerprint density at radius 1 is 0.646 bits per heavy atom. The van der Waals surface area contributed by atoms with Crippen molar-refractivity contribution in [2.24, 2.45) is 0 Å². The fourth-order valence-corrected chi connectivity index (χ4v) is 5.70. The number of anilines is 1. The van der Waals surface area contributed by atoms with Gasteiger partial charge in [0, 0.05) is 0 Å². The summed E-state index contributed by atoms with van der Waals surface area (Å²) >= 11 is 0. The summed E-state index contributed by atoms with van der Waals surface area (Å²) < 4.78 is 67.4. The van der Waals surface area contributed by atoms with Crippen LogP contribution in [0.15, 0.2) is 134 Å². The smallest absolute Gasteiger partial charge is 0.374 e. The summed E-state index contributed by atoms with van der Waals surface area (Å²) in [6.07, 6.45) is -5.40. The topological polar surface area (TPSA) is 74.7 Å². The number of nitrogens with one attached hydrogen (secondary N) is 1.